The highest BCUT2D eigenvalue weighted by Crippen LogP contribution is 2.19. The minimum atomic E-state index is -1.29. The van der Waals surface area contributed by atoms with Gasteiger partial charge in [-0.25, -0.2) is 8.78 Å². The summed E-state index contributed by atoms with van der Waals surface area (Å²) >= 11 is 0. The molecular formula is C18H26F2N2O5. The van der Waals surface area contributed by atoms with Crippen molar-refractivity contribution in [3.63, 3.8) is 0 Å². The summed E-state index contributed by atoms with van der Waals surface area (Å²) in [5.74, 6) is -1.83. The Labute approximate surface area is 156 Å². The van der Waals surface area contributed by atoms with Gasteiger partial charge in [-0.15, -0.1) is 0 Å². The lowest BCUT2D eigenvalue weighted by atomic mass is 9.94. The molecule has 1 aromatic rings. The molecule has 0 saturated carbocycles. The van der Waals surface area contributed by atoms with Crippen molar-refractivity contribution in [2.24, 2.45) is 0 Å². The molecule has 0 bridgehead atoms. The fourth-order valence-electron chi connectivity index (χ4n) is 3.20. The predicted molar refractivity (Wildman–Crippen MR) is 92.8 cm³/mol. The van der Waals surface area contributed by atoms with Crippen LogP contribution in [-0.4, -0.2) is 81.8 Å². The number of aliphatic hydroxyl groups is 4. The number of benzene rings is 1. The molecule has 0 unspecified atom stereocenters. The molecule has 2 rings (SSSR count). The van der Waals surface area contributed by atoms with Gasteiger partial charge in [0.25, 0.3) is 0 Å². The van der Waals surface area contributed by atoms with E-state index in [1.807, 2.05) is 0 Å². The highest BCUT2D eigenvalue weighted by molar-refractivity contribution is 5.78. The molecule has 0 aliphatic carbocycles. The Hall–Kier alpha value is -1.65. The molecule has 1 fully saturated rings. The summed E-state index contributed by atoms with van der Waals surface area (Å²) in [5.41, 5.74) is 0.120. The quantitative estimate of drug-likeness (QED) is 0.371. The largest absolute Gasteiger partial charge is 0.395 e. The number of rotatable bonds is 8. The summed E-state index contributed by atoms with van der Waals surface area (Å²) < 4.78 is 26.4. The van der Waals surface area contributed by atoms with Crippen molar-refractivity contribution in [3.8, 4) is 0 Å². The number of carbonyl (C=O) groups is 1. The summed E-state index contributed by atoms with van der Waals surface area (Å²) in [6.45, 7) is 0.617. The van der Waals surface area contributed by atoms with Crippen molar-refractivity contribution in [1.82, 2.24) is 10.2 Å². The minimum Gasteiger partial charge on any atom is -0.395 e. The van der Waals surface area contributed by atoms with E-state index in [1.165, 1.54) is 6.07 Å². The summed E-state index contributed by atoms with van der Waals surface area (Å²) in [7, 11) is 0. The maximum absolute atomic E-state index is 13.5. The van der Waals surface area contributed by atoms with Crippen LogP contribution in [0.25, 0.3) is 0 Å². The van der Waals surface area contributed by atoms with Gasteiger partial charge in [0.05, 0.1) is 25.2 Å². The van der Waals surface area contributed by atoms with Gasteiger partial charge in [0.15, 0.2) is 0 Å². The van der Waals surface area contributed by atoms with Crippen LogP contribution in [0.2, 0.25) is 0 Å². The molecule has 7 nitrogen and oxygen atoms in total. The number of aliphatic hydroxyl groups excluding tert-OH is 4. The average molecular weight is 388 g/mol. The third-order valence-corrected chi connectivity index (χ3v) is 4.78. The molecule has 1 saturated heterocycles. The fourth-order valence-corrected chi connectivity index (χ4v) is 3.20. The van der Waals surface area contributed by atoms with Crippen molar-refractivity contribution < 1.29 is 34.0 Å². The zero-order valence-electron chi connectivity index (χ0n) is 14.9. The molecule has 1 heterocycles. The van der Waals surface area contributed by atoms with Gasteiger partial charge in [-0.1, -0.05) is 6.07 Å². The van der Waals surface area contributed by atoms with E-state index in [0.717, 1.165) is 12.1 Å². The van der Waals surface area contributed by atoms with E-state index in [2.05, 4.69) is 5.32 Å². The number of nitrogens with zero attached hydrogens (tertiary/aromatic N) is 1. The van der Waals surface area contributed by atoms with E-state index in [9.17, 15) is 34.0 Å². The Morgan fingerprint density at radius 2 is 1.93 bits per heavy atom. The first-order valence-corrected chi connectivity index (χ1v) is 8.93. The summed E-state index contributed by atoms with van der Waals surface area (Å²) in [6.07, 6.45) is -2.57. The van der Waals surface area contributed by atoms with Crippen molar-refractivity contribution >= 4 is 5.91 Å². The third kappa shape index (κ3) is 5.91. The highest BCUT2D eigenvalue weighted by Gasteiger charge is 2.40. The Balaban J connectivity index is 1.69. The van der Waals surface area contributed by atoms with Crippen LogP contribution in [0, 0.1) is 11.6 Å². The minimum absolute atomic E-state index is 0.120. The molecule has 4 atom stereocenters. The molecule has 9 heteroatoms. The molecule has 0 spiro atoms. The number of amides is 1. The van der Waals surface area contributed by atoms with Crippen LogP contribution in [0.15, 0.2) is 18.2 Å². The molecule has 152 valence electrons. The number of β-amino-alcohol motifs (C(OH)–C–C–N with tert-alkyl or cyclic N) is 1. The number of halogens is 2. The van der Waals surface area contributed by atoms with E-state index in [1.54, 1.807) is 4.90 Å². The van der Waals surface area contributed by atoms with Crippen LogP contribution in [0.3, 0.4) is 0 Å². The number of unbranched alkanes of at least 4 members (excludes halogenated alkanes) is 1. The predicted octanol–water partition coefficient (Wildman–Crippen LogP) is -0.837. The number of carbonyl (C=O) groups excluding carboxylic acids is 1. The van der Waals surface area contributed by atoms with Crippen molar-refractivity contribution in [1.29, 1.82) is 0 Å². The van der Waals surface area contributed by atoms with E-state index in [0.29, 0.717) is 25.9 Å². The monoisotopic (exact) mass is 388 g/mol. The molecule has 0 aromatic heterocycles. The summed E-state index contributed by atoms with van der Waals surface area (Å²) in [4.78, 5) is 13.5. The van der Waals surface area contributed by atoms with Gasteiger partial charge in [-0.3, -0.25) is 9.69 Å². The standard InChI is InChI=1S/C18H26F2N2O5/c19-12-4-3-11(13(20)8-12)7-16(25)21-5-1-2-6-22-9-15(24)18(27)17(26)14(22)10-23/h3-4,8,14-15,17-18,23-24,26-27H,1-2,5-7,9-10H2,(H,21,25)/t14-,15+,17-,18-/m1/s1. The highest BCUT2D eigenvalue weighted by atomic mass is 19.1. The van der Waals surface area contributed by atoms with Gasteiger partial charge in [-0.05, 0) is 31.0 Å². The second kappa shape index (κ2) is 10.0. The lowest BCUT2D eigenvalue weighted by Crippen LogP contribution is -2.62. The van der Waals surface area contributed by atoms with Crippen LogP contribution in [0.5, 0.6) is 0 Å². The Morgan fingerprint density at radius 3 is 2.59 bits per heavy atom. The average Bonchev–Trinajstić information content (AvgIpc) is 2.62. The van der Waals surface area contributed by atoms with E-state index >= 15 is 0 Å². The first-order valence-electron chi connectivity index (χ1n) is 8.93. The van der Waals surface area contributed by atoms with Crippen molar-refractivity contribution in [2.45, 2.75) is 43.6 Å². The maximum Gasteiger partial charge on any atom is 0.224 e. The molecule has 5 N–H and O–H groups in total. The maximum atomic E-state index is 13.5. The van der Waals surface area contributed by atoms with Crippen LogP contribution in [0.4, 0.5) is 8.78 Å². The van der Waals surface area contributed by atoms with Gasteiger partial charge in [0, 0.05) is 19.2 Å². The zero-order valence-corrected chi connectivity index (χ0v) is 14.9. The third-order valence-electron chi connectivity index (χ3n) is 4.78. The normalized spacial score (nSPS) is 26.1. The Bertz CT molecular complexity index is 634. The number of likely N-dealkylation sites (tertiary alicyclic amines) is 1. The van der Waals surface area contributed by atoms with Crippen molar-refractivity contribution in [2.75, 3.05) is 26.2 Å². The molecule has 1 aliphatic heterocycles. The number of nitrogens with one attached hydrogen (secondary N) is 1. The molecule has 1 amide bonds. The van der Waals surface area contributed by atoms with Gasteiger partial charge in [-0.2, -0.15) is 0 Å². The molecule has 27 heavy (non-hydrogen) atoms. The lowest BCUT2D eigenvalue weighted by Gasteiger charge is -2.43. The molecular weight excluding hydrogens is 362 g/mol. The first kappa shape index (κ1) is 21.6. The van der Waals surface area contributed by atoms with E-state index < -0.39 is 36.0 Å². The van der Waals surface area contributed by atoms with Crippen LogP contribution >= 0.6 is 0 Å². The van der Waals surface area contributed by atoms with Crippen LogP contribution in [-0.2, 0) is 11.2 Å². The van der Waals surface area contributed by atoms with Crippen molar-refractivity contribution in [3.05, 3.63) is 35.4 Å². The summed E-state index contributed by atoms with van der Waals surface area (Å²) in [5, 5.41) is 41.4. The van der Waals surface area contributed by atoms with Gasteiger partial charge in [0.1, 0.15) is 23.8 Å². The fraction of sp³-hybridized carbons (Fsp3) is 0.611. The Morgan fingerprint density at radius 1 is 1.19 bits per heavy atom. The molecule has 1 aromatic carbocycles. The van der Waals surface area contributed by atoms with Crippen LogP contribution in [0.1, 0.15) is 18.4 Å². The number of hydrogen-bond donors (Lipinski definition) is 5. The smallest absolute Gasteiger partial charge is 0.224 e. The number of hydrogen-bond acceptors (Lipinski definition) is 6. The second-order valence-electron chi connectivity index (χ2n) is 6.76. The first-order chi connectivity index (χ1) is 12.8. The van der Waals surface area contributed by atoms with Gasteiger partial charge < -0.3 is 25.7 Å². The lowest BCUT2D eigenvalue weighted by molar-refractivity contribution is -0.145. The van der Waals surface area contributed by atoms with Gasteiger partial charge in [0.2, 0.25) is 5.91 Å². The van der Waals surface area contributed by atoms with Crippen LogP contribution < -0.4 is 5.32 Å². The second-order valence-corrected chi connectivity index (χ2v) is 6.76. The van der Waals surface area contributed by atoms with E-state index in [4.69, 9.17) is 0 Å². The molecule has 0 radical (unpaired) electrons. The topological polar surface area (TPSA) is 113 Å². The Kier molecular flexibility index (Phi) is 8.06. The van der Waals surface area contributed by atoms with Gasteiger partial charge >= 0.3 is 0 Å². The SMILES string of the molecule is O=C(Cc1ccc(F)cc1F)NCCCCN1C[C@H](O)[C@@H](O)[C@H](O)[C@H]1CO. The molecule has 1 aliphatic rings. The number of piperidine rings is 1. The zero-order chi connectivity index (χ0) is 20.0. The summed E-state index contributed by atoms with van der Waals surface area (Å²) in [6, 6.07) is 2.42. The van der Waals surface area contributed by atoms with E-state index in [-0.39, 0.29) is 31.0 Å².